The lowest BCUT2D eigenvalue weighted by Crippen LogP contribution is -2.51. The van der Waals surface area contributed by atoms with Crippen molar-refractivity contribution in [3.05, 3.63) is 23.3 Å². The van der Waals surface area contributed by atoms with Crippen LogP contribution in [0.5, 0.6) is 11.5 Å². The van der Waals surface area contributed by atoms with E-state index in [-0.39, 0.29) is 23.6 Å². The van der Waals surface area contributed by atoms with E-state index in [1.165, 1.54) is 24.9 Å². The van der Waals surface area contributed by atoms with Crippen molar-refractivity contribution in [2.45, 2.75) is 50.2 Å². The Morgan fingerprint density at radius 3 is 2.91 bits per heavy atom. The first kappa shape index (κ1) is 13.8. The van der Waals surface area contributed by atoms with Crippen LogP contribution < -0.4 is 4.74 Å². The first-order valence-corrected chi connectivity index (χ1v) is 8.88. The Bertz CT molecular complexity index is 681. The molecule has 122 valence electrons. The zero-order chi connectivity index (χ0) is 15.7. The highest BCUT2D eigenvalue weighted by atomic mass is 16.5. The summed E-state index contributed by atoms with van der Waals surface area (Å²) in [5, 5.41) is 10.2. The topological polar surface area (TPSA) is 49.8 Å². The zero-order valence-corrected chi connectivity index (χ0v) is 13.5. The standard InChI is InChI=1S/C19H23NO3/c1-20(9-10-2-3-10)13-8-11-4-6-14(21)18-16(11)17-12(13)5-7-15(22)19(17)23-18/h4,6,10,12-13,17,19,21H,2-3,5,7-9H2,1H3. The number of rotatable bonds is 3. The molecule has 4 atom stereocenters. The number of Topliss-reactive ketones (excluding diaryl/α,β-unsaturated/α-hetero) is 1. The number of carbonyl (C=O) groups excluding carboxylic acids is 1. The van der Waals surface area contributed by atoms with E-state index >= 15 is 0 Å². The molecule has 0 saturated heterocycles. The number of nitrogens with zero attached hydrogens (tertiary/aromatic N) is 1. The summed E-state index contributed by atoms with van der Waals surface area (Å²) in [5.74, 6) is 2.47. The van der Waals surface area contributed by atoms with Gasteiger partial charge in [0, 0.05) is 30.5 Å². The molecule has 4 unspecified atom stereocenters. The summed E-state index contributed by atoms with van der Waals surface area (Å²) in [4.78, 5) is 14.9. The molecule has 1 aromatic rings. The van der Waals surface area contributed by atoms with Crippen LogP contribution in [0.15, 0.2) is 12.1 Å². The maximum Gasteiger partial charge on any atom is 0.173 e. The van der Waals surface area contributed by atoms with Gasteiger partial charge in [-0.1, -0.05) is 6.07 Å². The molecule has 0 aromatic heterocycles. The van der Waals surface area contributed by atoms with Crippen molar-refractivity contribution in [1.29, 1.82) is 0 Å². The first-order chi connectivity index (χ1) is 11.1. The molecule has 0 radical (unpaired) electrons. The number of benzene rings is 1. The average Bonchev–Trinajstić information content (AvgIpc) is 3.25. The molecule has 1 N–H and O–H groups in total. The number of carbonyl (C=O) groups is 1. The molecule has 2 fully saturated rings. The van der Waals surface area contributed by atoms with E-state index in [0.717, 1.165) is 24.3 Å². The Morgan fingerprint density at radius 2 is 2.13 bits per heavy atom. The molecule has 0 amide bonds. The Labute approximate surface area is 136 Å². The molecular formula is C19H23NO3. The molecule has 5 rings (SSSR count). The normalized spacial score (nSPS) is 34.4. The maximum atomic E-state index is 12.4. The largest absolute Gasteiger partial charge is 0.504 e. The van der Waals surface area contributed by atoms with Crippen LogP contribution >= 0.6 is 0 Å². The minimum Gasteiger partial charge on any atom is -0.504 e. The Hall–Kier alpha value is -1.55. The van der Waals surface area contributed by atoms with E-state index in [2.05, 4.69) is 11.9 Å². The van der Waals surface area contributed by atoms with Gasteiger partial charge in [0.15, 0.2) is 23.4 Å². The number of ketones is 1. The number of hydrogen-bond donors (Lipinski definition) is 1. The molecule has 4 aliphatic rings. The number of phenolic OH excluding ortho intramolecular Hbond substituents is 1. The first-order valence-electron chi connectivity index (χ1n) is 8.88. The number of hydrogen-bond acceptors (Lipinski definition) is 4. The summed E-state index contributed by atoms with van der Waals surface area (Å²) in [6.45, 7) is 1.17. The molecule has 2 saturated carbocycles. The molecule has 1 aromatic carbocycles. The molecule has 0 bridgehead atoms. The van der Waals surface area contributed by atoms with Crippen molar-refractivity contribution < 1.29 is 14.6 Å². The van der Waals surface area contributed by atoms with Gasteiger partial charge in [0.1, 0.15) is 0 Å². The van der Waals surface area contributed by atoms with Crippen LogP contribution in [0.4, 0.5) is 0 Å². The maximum absolute atomic E-state index is 12.4. The lowest BCUT2D eigenvalue weighted by Gasteiger charge is -2.45. The lowest BCUT2D eigenvalue weighted by atomic mass is 9.64. The third-order valence-electron chi connectivity index (χ3n) is 6.41. The SMILES string of the molecule is CN(CC1CC1)C1Cc2ccc(O)c3c2C2C(O3)C(=O)CCC21. The van der Waals surface area contributed by atoms with Crippen LogP contribution in [-0.4, -0.2) is 41.5 Å². The number of aromatic hydroxyl groups is 1. The summed E-state index contributed by atoms with van der Waals surface area (Å²) >= 11 is 0. The van der Waals surface area contributed by atoms with Crippen LogP contribution in [0.2, 0.25) is 0 Å². The molecule has 23 heavy (non-hydrogen) atoms. The van der Waals surface area contributed by atoms with Crippen molar-refractivity contribution in [2.75, 3.05) is 13.6 Å². The van der Waals surface area contributed by atoms with Crippen LogP contribution in [0, 0.1) is 11.8 Å². The van der Waals surface area contributed by atoms with E-state index < -0.39 is 0 Å². The van der Waals surface area contributed by atoms with Gasteiger partial charge in [0.2, 0.25) is 0 Å². The number of ether oxygens (including phenoxy) is 1. The van der Waals surface area contributed by atoms with Gasteiger partial charge in [0.25, 0.3) is 0 Å². The molecule has 1 heterocycles. The average molecular weight is 313 g/mol. The van der Waals surface area contributed by atoms with Crippen LogP contribution in [0.3, 0.4) is 0 Å². The van der Waals surface area contributed by atoms with E-state index in [1.54, 1.807) is 6.07 Å². The fourth-order valence-corrected chi connectivity index (χ4v) is 5.12. The fourth-order valence-electron chi connectivity index (χ4n) is 5.12. The summed E-state index contributed by atoms with van der Waals surface area (Å²) in [6.07, 6.45) is 4.94. The van der Waals surface area contributed by atoms with Crippen molar-refractivity contribution in [1.82, 2.24) is 4.90 Å². The van der Waals surface area contributed by atoms with Gasteiger partial charge in [0.05, 0.1) is 0 Å². The van der Waals surface area contributed by atoms with Crippen LogP contribution in [-0.2, 0) is 11.2 Å². The highest BCUT2D eigenvalue weighted by Crippen LogP contribution is 2.56. The summed E-state index contributed by atoms with van der Waals surface area (Å²) < 4.78 is 5.95. The number of phenols is 1. The Balaban J connectivity index is 1.57. The van der Waals surface area contributed by atoms with Gasteiger partial charge >= 0.3 is 0 Å². The van der Waals surface area contributed by atoms with Gasteiger partial charge in [-0.3, -0.25) is 4.79 Å². The summed E-state index contributed by atoms with van der Waals surface area (Å²) in [5.41, 5.74) is 2.40. The van der Waals surface area contributed by atoms with Gasteiger partial charge in [-0.25, -0.2) is 0 Å². The van der Waals surface area contributed by atoms with Crippen LogP contribution in [0.25, 0.3) is 0 Å². The van der Waals surface area contributed by atoms with Crippen molar-refractivity contribution in [3.8, 4) is 11.5 Å². The Morgan fingerprint density at radius 1 is 1.30 bits per heavy atom. The van der Waals surface area contributed by atoms with Crippen molar-refractivity contribution in [3.63, 3.8) is 0 Å². The predicted octanol–water partition coefficient (Wildman–Crippen LogP) is 2.48. The summed E-state index contributed by atoms with van der Waals surface area (Å²) in [6, 6.07) is 4.25. The summed E-state index contributed by atoms with van der Waals surface area (Å²) in [7, 11) is 2.25. The third-order valence-corrected chi connectivity index (χ3v) is 6.41. The second-order valence-electron chi connectivity index (χ2n) is 7.87. The number of likely N-dealkylation sites (N-methyl/N-ethyl adjacent to an activating group) is 1. The van der Waals surface area contributed by atoms with E-state index in [0.29, 0.717) is 24.1 Å². The van der Waals surface area contributed by atoms with Gasteiger partial charge < -0.3 is 14.7 Å². The van der Waals surface area contributed by atoms with Gasteiger partial charge in [-0.2, -0.15) is 0 Å². The highest BCUT2D eigenvalue weighted by Gasteiger charge is 2.53. The third kappa shape index (κ3) is 1.97. The second-order valence-corrected chi connectivity index (χ2v) is 7.87. The second kappa shape index (κ2) is 4.73. The molecule has 4 heteroatoms. The van der Waals surface area contributed by atoms with Crippen molar-refractivity contribution in [2.24, 2.45) is 11.8 Å². The predicted molar refractivity (Wildman–Crippen MR) is 85.8 cm³/mol. The smallest absolute Gasteiger partial charge is 0.173 e. The minimum absolute atomic E-state index is 0.147. The molecular weight excluding hydrogens is 290 g/mol. The van der Waals surface area contributed by atoms with E-state index in [4.69, 9.17) is 4.74 Å². The minimum atomic E-state index is -0.368. The van der Waals surface area contributed by atoms with E-state index in [9.17, 15) is 9.90 Å². The molecule has 4 nitrogen and oxygen atoms in total. The highest BCUT2D eigenvalue weighted by molar-refractivity contribution is 5.87. The molecule has 3 aliphatic carbocycles. The fraction of sp³-hybridized carbons (Fsp3) is 0.632. The lowest BCUT2D eigenvalue weighted by molar-refractivity contribution is -0.130. The zero-order valence-electron chi connectivity index (χ0n) is 13.5. The molecule has 0 spiro atoms. The molecule has 1 aliphatic heterocycles. The Kier molecular flexibility index (Phi) is 2.85. The van der Waals surface area contributed by atoms with Crippen molar-refractivity contribution >= 4 is 5.78 Å². The van der Waals surface area contributed by atoms with Gasteiger partial charge in [-0.15, -0.1) is 0 Å². The van der Waals surface area contributed by atoms with E-state index in [1.807, 2.05) is 6.07 Å². The van der Waals surface area contributed by atoms with Gasteiger partial charge in [-0.05, 0) is 56.2 Å². The quantitative estimate of drug-likeness (QED) is 0.931. The van der Waals surface area contributed by atoms with Crippen LogP contribution in [0.1, 0.15) is 42.7 Å². The monoisotopic (exact) mass is 313 g/mol.